The van der Waals surface area contributed by atoms with Crippen molar-refractivity contribution >= 4 is 27.5 Å². The first-order chi connectivity index (χ1) is 6.79. The van der Waals surface area contributed by atoms with Crippen LogP contribution in [-0.2, 0) is 4.79 Å². The highest BCUT2D eigenvalue weighted by Gasteiger charge is 2.27. The Morgan fingerprint density at radius 3 is 3.14 bits per heavy atom. The monoisotopic (exact) mass is 254 g/mol. The molecular weight excluding hydrogens is 244 g/mol. The lowest BCUT2D eigenvalue weighted by molar-refractivity contribution is -0.118. The Morgan fingerprint density at radius 2 is 2.43 bits per heavy atom. The number of hydrogen-bond donors (Lipinski definition) is 0. The summed E-state index contributed by atoms with van der Waals surface area (Å²) >= 11 is 3.38. The molecule has 1 unspecified atom stereocenters. The van der Waals surface area contributed by atoms with Crippen molar-refractivity contribution in [3.8, 4) is 0 Å². The van der Waals surface area contributed by atoms with Crippen molar-refractivity contribution < 1.29 is 4.79 Å². The Labute approximate surface area is 91.3 Å². The maximum atomic E-state index is 11.8. The first kappa shape index (κ1) is 9.65. The third kappa shape index (κ3) is 1.80. The van der Waals surface area contributed by atoms with Gasteiger partial charge >= 0.3 is 0 Å². The third-order valence-corrected chi connectivity index (χ3v) is 3.18. The van der Waals surface area contributed by atoms with Gasteiger partial charge in [-0.2, -0.15) is 0 Å². The van der Waals surface area contributed by atoms with E-state index in [4.69, 9.17) is 0 Å². The van der Waals surface area contributed by atoms with Crippen LogP contribution in [0.15, 0.2) is 24.5 Å². The van der Waals surface area contributed by atoms with E-state index in [9.17, 15) is 4.79 Å². The highest BCUT2D eigenvalue weighted by Crippen LogP contribution is 2.23. The number of anilines is 1. The van der Waals surface area contributed by atoms with Crippen molar-refractivity contribution in [2.24, 2.45) is 0 Å². The van der Waals surface area contributed by atoms with Crippen LogP contribution in [-0.4, -0.2) is 22.3 Å². The van der Waals surface area contributed by atoms with Gasteiger partial charge in [-0.15, -0.1) is 0 Å². The molecule has 1 amide bonds. The molecule has 0 radical (unpaired) electrons. The minimum atomic E-state index is -0.0311. The smallest absolute Gasteiger partial charge is 0.240 e. The molecule has 0 saturated carbocycles. The number of hydrogen-bond acceptors (Lipinski definition) is 2. The van der Waals surface area contributed by atoms with Crippen LogP contribution in [0.5, 0.6) is 0 Å². The van der Waals surface area contributed by atoms with Gasteiger partial charge in [-0.1, -0.05) is 15.9 Å². The number of rotatable bonds is 1. The van der Waals surface area contributed by atoms with Crippen LogP contribution in [0, 0.1) is 0 Å². The zero-order valence-corrected chi connectivity index (χ0v) is 9.27. The number of carbonyl (C=O) groups is 1. The molecule has 0 aliphatic carbocycles. The van der Waals surface area contributed by atoms with E-state index in [1.165, 1.54) is 0 Å². The molecule has 1 aliphatic rings. The Bertz CT molecular complexity index is 328. The molecule has 0 N–H and O–H groups in total. The molecule has 1 fully saturated rings. The molecule has 14 heavy (non-hydrogen) atoms. The Morgan fingerprint density at radius 1 is 1.57 bits per heavy atom. The lowest BCUT2D eigenvalue weighted by Crippen LogP contribution is -2.41. The fourth-order valence-electron chi connectivity index (χ4n) is 1.60. The number of nitrogens with zero attached hydrogens (tertiary/aromatic N) is 2. The average Bonchev–Trinajstić information content (AvgIpc) is 2.23. The highest BCUT2D eigenvalue weighted by atomic mass is 79.9. The van der Waals surface area contributed by atoms with E-state index in [-0.39, 0.29) is 10.7 Å². The summed E-state index contributed by atoms with van der Waals surface area (Å²) in [6.07, 6.45) is 5.40. The standard InChI is InChI=1S/C10H11BrN2O/c11-9-4-2-6-13(10(9)14)8-3-1-5-12-7-8/h1,3,5,7,9H,2,4,6H2. The Kier molecular flexibility index (Phi) is 2.82. The van der Waals surface area contributed by atoms with E-state index in [0.29, 0.717) is 0 Å². The van der Waals surface area contributed by atoms with Gasteiger partial charge in [0.05, 0.1) is 16.7 Å². The molecule has 2 heterocycles. The highest BCUT2D eigenvalue weighted by molar-refractivity contribution is 9.10. The van der Waals surface area contributed by atoms with E-state index < -0.39 is 0 Å². The van der Waals surface area contributed by atoms with Gasteiger partial charge in [0.2, 0.25) is 5.91 Å². The van der Waals surface area contributed by atoms with Gasteiger partial charge in [-0.25, -0.2) is 0 Å². The normalized spacial score (nSPS) is 22.5. The van der Waals surface area contributed by atoms with Crippen molar-refractivity contribution in [1.29, 1.82) is 0 Å². The van der Waals surface area contributed by atoms with Gasteiger partial charge < -0.3 is 4.90 Å². The van der Waals surface area contributed by atoms with Crippen LogP contribution in [0.4, 0.5) is 5.69 Å². The lowest BCUT2D eigenvalue weighted by atomic mass is 10.1. The molecule has 4 heteroatoms. The van der Waals surface area contributed by atoms with E-state index in [2.05, 4.69) is 20.9 Å². The SMILES string of the molecule is O=C1C(Br)CCCN1c1cccnc1. The number of carbonyl (C=O) groups excluding carboxylic acids is 1. The van der Waals surface area contributed by atoms with Crippen LogP contribution >= 0.6 is 15.9 Å². The number of alkyl halides is 1. The van der Waals surface area contributed by atoms with Gasteiger partial charge in [0.1, 0.15) is 0 Å². The zero-order valence-electron chi connectivity index (χ0n) is 7.69. The van der Waals surface area contributed by atoms with E-state index in [1.54, 1.807) is 17.3 Å². The number of amides is 1. The molecule has 0 spiro atoms. The molecule has 1 aliphatic heterocycles. The molecule has 2 rings (SSSR count). The molecular formula is C10H11BrN2O. The van der Waals surface area contributed by atoms with E-state index >= 15 is 0 Å². The average molecular weight is 255 g/mol. The van der Waals surface area contributed by atoms with Crippen LogP contribution in [0.3, 0.4) is 0 Å². The van der Waals surface area contributed by atoms with Crippen molar-refractivity contribution in [3.63, 3.8) is 0 Å². The Balaban J connectivity index is 2.22. The van der Waals surface area contributed by atoms with Gasteiger partial charge in [-0.3, -0.25) is 9.78 Å². The van der Waals surface area contributed by atoms with Crippen LogP contribution in [0.2, 0.25) is 0 Å². The molecule has 74 valence electrons. The molecule has 3 nitrogen and oxygen atoms in total. The second-order valence-electron chi connectivity index (χ2n) is 3.31. The summed E-state index contributed by atoms with van der Waals surface area (Å²) in [6.45, 7) is 0.798. The summed E-state index contributed by atoms with van der Waals surface area (Å²) in [7, 11) is 0. The molecule has 0 aromatic carbocycles. The summed E-state index contributed by atoms with van der Waals surface area (Å²) < 4.78 is 0. The number of aromatic nitrogens is 1. The van der Waals surface area contributed by atoms with Crippen molar-refractivity contribution in [2.75, 3.05) is 11.4 Å². The minimum Gasteiger partial charge on any atom is -0.310 e. The maximum absolute atomic E-state index is 11.8. The summed E-state index contributed by atoms with van der Waals surface area (Å²) in [4.78, 5) is 17.5. The predicted molar refractivity (Wildman–Crippen MR) is 58.5 cm³/mol. The molecule has 0 bridgehead atoms. The van der Waals surface area contributed by atoms with Crippen molar-refractivity contribution in [1.82, 2.24) is 4.98 Å². The first-order valence-electron chi connectivity index (χ1n) is 4.64. The zero-order chi connectivity index (χ0) is 9.97. The fraction of sp³-hybridized carbons (Fsp3) is 0.400. The van der Waals surface area contributed by atoms with Crippen LogP contribution < -0.4 is 4.90 Å². The van der Waals surface area contributed by atoms with E-state index in [1.807, 2.05) is 12.1 Å². The van der Waals surface area contributed by atoms with Gasteiger partial charge in [0, 0.05) is 12.7 Å². The second kappa shape index (κ2) is 4.09. The second-order valence-corrected chi connectivity index (χ2v) is 4.42. The lowest BCUT2D eigenvalue weighted by Gasteiger charge is -2.29. The summed E-state index contributed by atoms with van der Waals surface area (Å²) in [6, 6.07) is 3.76. The largest absolute Gasteiger partial charge is 0.310 e. The van der Waals surface area contributed by atoms with Gasteiger partial charge in [0.25, 0.3) is 0 Å². The van der Waals surface area contributed by atoms with E-state index in [0.717, 1.165) is 25.1 Å². The predicted octanol–water partition coefficient (Wildman–Crippen LogP) is 1.97. The van der Waals surface area contributed by atoms with Gasteiger partial charge in [0.15, 0.2) is 0 Å². The van der Waals surface area contributed by atoms with Crippen molar-refractivity contribution in [3.05, 3.63) is 24.5 Å². The quantitative estimate of drug-likeness (QED) is 0.719. The summed E-state index contributed by atoms with van der Waals surface area (Å²) in [5, 5.41) is 0. The summed E-state index contributed by atoms with van der Waals surface area (Å²) in [5.41, 5.74) is 0.890. The molecule has 1 atom stereocenters. The van der Waals surface area contributed by atoms with Crippen molar-refractivity contribution in [2.45, 2.75) is 17.7 Å². The summed E-state index contributed by atoms with van der Waals surface area (Å²) in [5.74, 6) is 0.143. The number of pyridine rings is 1. The topological polar surface area (TPSA) is 33.2 Å². The van der Waals surface area contributed by atoms with Crippen LogP contribution in [0.25, 0.3) is 0 Å². The number of piperidine rings is 1. The molecule has 1 aromatic heterocycles. The van der Waals surface area contributed by atoms with Gasteiger partial charge in [-0.05, 0) is 25.0 Å². The van der Waals surface area contributed by atoms with Crippen LogP contribution in [0.1, 0.15) is 12.8 Å². The Hall–Kier alpha value is -0.900. The number of halogens is 1. The maximum Gasteiger partial charge on any atom is 0.240 e. The fourth-order valence-corrected chi connectivity index (χ4v) is 2.17. The minimum absolute atomic E-state index is 0.0311. The molecule has 1 aromatic rings. The molecule has 1 saturated heterocycles. The third-order valence-electron chi connectivity index (χ3n) is 2.33. The first-order valence-corrected chi connectivity index (χ1v) is 5.56.